The Morgan fingerprint density at radius 1 is 1.09 bits per heavy atom. The second kappa shape index (κ2) is 6.46. The highest BCUT2D eigenvalue weighted by Gasteiger charge is 2.23. The summed E-state index contributed by atoms with van der Waals surface area (Å²) in [5, 5.41) is 5.53. The Balaban J connectivity index is 1.58. The van der Waals surface area contributed by atoms with E-state index in [1.54, 1.807) is 11.3 Å². The van der Waals surface area contributed by atoms with Crippen LogP contribution in [-0.2, 0) is 0 Å². The van der Waals surface area contributed by atoms with Crippen molar-refractivity contribution in [3.63, 3.8) is 0 Å². The Morgan fingerprint density at radius 3 is 2.87 bits per heavy atom. The minimum atomic E-state index is 0.326. The number of para-hydroxylation sites is 1. The molecule has 23 heavy (non-hydrogen) atoms. The van der Waals surface area contributed by atoms with Gasteiger partial charge in [0, 0.05) is 23.5 Å². The molecule has 1 fully saturated rings. The number of nitrogens with zero attached hydrogens (tertiary/aromatic N) is 3. The molecule has 2 heterocycles. The lowest BCUT2D eigenvalue weighted by Gasteiger charge is -2.23. The molecule has 116 valence electrons. The van der Waals surface area contributed by atoms with Gasteiger partial charge in [0.05, 0.1) is 10.2 Å². The lowest BCUT2D eigenvalue weighted by molar-refractivity contribution is 0.603. The zero-order chi connectivity index (χ0) is 15.5. The van der Waals surface area contributed by atoms with Crippen LogP contribution in [0.4, 0.5) is 5.13 Å². The Kier molecular flexibility index (Phi) is 4.03. The third-order valence-electron chi connectivity index (χ3n) is 4.21. The van der Waals surface area contributed by atoms with Crippen molar-refractivity contribution in [1.82, 2.24) is 9.97 Å². The molecular formula is C18H18N4S. The second-order valence-electron chi connectivity index (χ2n) is 5.75. The quantitative estimate of drug-likeness (QED) is 0.704. The van der Waals surface area contributed by atoms with Gasteiger partial charge >= 0.3 is 0 Å². The van der Waals surface area contributed by atoms with E-state index < -0.39 is 0 Å². The first kappa shape index (κ1) is 14.3. The van der Waals surface area contributed by atoms with Gasteiger partial charge in [-0.05, 0) is 43.5 Å². The monoisotopic (exact) mass is 322 g/mol. The second-order valence-corrected chi connectivity index (χ2v) is 6.79. The molecule has 0 amide bonds. The standard InChI is InChI=1S/C18H18N4S/c1-2-9-15(13(7-1)14-8-5-6-12-19-14)21-22-18-20-16-10-3-4-11-17(16)23-18/h3-6,8,10-13H,1-2,7,9H2,(H,20,22). The molecule has 1 saturated carbocycles. The zero-order valence-corrected chi connectivity index (χ0v) is 13.6. The summed E-state index contributed by atoms with van der Waals surface area (Å²) >= 11 is 1.64. The van der Waals surface area contributed by atoms with Crippen molar-refractivity contribution in [2.24, 2.45) is 5.10 Å². The van der Waals surface area contributed by atoms with E-state index in [1.165, 1.54) is 23.3 Å². The van der Waals surface area contributed by atoms with Crippen molar-refractivity contribution in [1.29, 1.82) is 0 Å². The largest absolute Gasteiger partial charge is 0.261 e. The number of thiazole rings is 1. The van der Waals surface area contributed by atoms with Gasteiger partial charge in [-0.3, -0.25) is 10.4 Å². The van der Waals surface area contributed by atoms with Crippen LogP contribution in [0.2, 0.25) is 0 Å². The number of aromatic nitrogens is 2. The molecule has 1 aliphatic rings. The van der Waals surface area contributed by atoms with Crippen LogP contribution in [0.25, 0.3) is 10.2 Å². The summed E-state index contributed by atoms with van der Waals surface area (Å²) in [7, 11) is 0. The molecule has 0 radical (unpaired) electrons. The highest BCUT2D eigenvalue weighted by molar-refractivity contribution is 7.22. The maximum absolute atomic E-state index is 4.68. The van der Waals surface area contributed by atoms with Gasteiger partial charge in [-0.1, -0.05) is 36.0 Å². The summed E-state index contributed by atoms with van der Waals surface area (Å²) < 4.78 is 1.18. The molecule has 0 spiro atoms. The SMILES string of the molecule is c1ccc(C2CCCCC2=NNc2nc3ccccc3s2)nc1. The average molecular weight is 322 g/mol. The van der Waals surface area contributed by atoms with Gasteiger partial charge in [0.1, 0.15) is 0 Å². The maximum Gasteiger partial charge on any atom is 0.204 e. The molecular weight excluding hydrogens is 304 g/mol. The molecule has 4 nitrogen and oxygen atoms in total. The van der Waals surface area contributed by atoms with E-state index in [0.717, 1.165) is 29.2 Å². The van der Waals surface area contributed by atoms with Gasteiger partial charge in [-0.15, -0.1) is 0 Å². The molecule has 0 saturated heterocycles. The summed E-state index contributed by atoms with van der Waals surface area (Å²) in [6.45, 7) is 0. The minimum absolute atomic E-state index is 0.326. The first-order valence-electron chi connectivity index (χ1n) is 7.99. The van der Waals surface area contributed by atoms with Crippen molar-refractivity contribution in [2.75, 3.05) is 5.43 Å². The van der Waals surface area contributed by atoms with Crippen molar-refractivity contribution in [3.8, 4) is 0 Å². The van der Waals surface area contributed by atoms with Crippen LogP contribution in [0.1, 0.15) is 37.3 Å². The van der Waals surface area contributed by atoms with Crippen LogP contribution in [0.3, 0.4) is 0 Å². The number of rotatable bonds is 3. The first-order chi connectivity index (χ1) is 11.4. The van der Waals surface area contributed by atoms with Gasteiger partial charge in [0.2, 0.25) is 5.13 Å². The van der Waals surface area contributed by atoms with Crippen LogP contribution in [0, 0.1) is 0 Å². The van der Waals surface area contributed by atoms with Gasteiger partial charge in [-0.2, -0.15) is 5.10 Å². The lowest BCUT2D eigenvalue weighted by atomic mass is 9.85. The van der Waals surface area contributed by atoms with Gasteiger partial charge < -0.3 is 0 Å². The topological polar surface area (TPSA) is 50.2 Å². The van der Waals surface area contributed by atoms with Crippen molar-refractivity contribution in [3.05, 3.63) is 54.4 Å². The van der Waals surface area contributed by atoms with Gasteiger partial charge in [-0.25, -0.2) is 4.98 Å². The third kappa shape index (κ3) is 3.10. The third-order valence-corrected chi connectivity index (χ3v) is 5.15. The summed E-state index contributed by atoms with van der Waals surface area (Å²) in [5.41, 5.74) is 6.50. The Morgan fingerprint density at radius 2 is 2.00 bits per heavy atom. The van der Waals surface area contributed by atoms with Crippen molar-refractivity contribution in [2.45, 2.75) is 31.6 Å². The number of hydrogen-bond donors (Lipinski definition) is 1. The minimum Gasteiger partial charge on any atom is -0.261 e. The predicted molar refractivity (Wildman–Crippen MR) is 96.1 cm³/mol. The average Bonchev–Trinajstić information content (AvgIpc) is 3.04. The van der Waals surface area contributed by atoms with E-state index in [1.807, 2.05) is 30.5 Å². The van der Waals surface area contributed by atoms with E-state index in [2.05, 4.69) is 38.7 Å². The van der Waals surface area contributed by atoms with Gasteiger partial charge in [0.15, 0.2) is 0 Å². The molecule has 2 aromatic heterocycles. The Hall–Kier alpha value is -2.27. The lowest BCUT2D eigenvalue weighted by Crippen LogP contribution is -2.19. The smallest absolute Gasteiger partial charge is 0.204 e. The normalized spacial score (nSPS) is 20.0. The molecule has 0 bridgehead atoms. The zero-order valence-electron chi connectivity index (χ0n) is 12.8. The fourth-order valence-electron chi connectivity index (χ4n) is 3.07. The van der Waals surface area contributed by atoms with E-state index in [4.69, 9.17) is 0 Å². The number of fused-ring (bicyclic) bond motifs is 1. The van der Waals surface area contributed by atoms with Gasteiger partial charge in [0.25, 0.3) is 0 Å². The van der Waals surface area contributed by atoms with E-state index in [9.17, 15) is 0 Å². The highest BCUT2D eigenvalue weighted by Crippen LogP contribution is 2.30. The van der Waals surface area contributed by atoms with Crippen LogP contribution >= 0.6 is 11.3 Å². The van der Waals surface area contributed by atoms with E-state index in [0.29, 0.717) is 5.92 Å². The van der Waals surface area contributed by atoms with Crippen LogP contribution in [-0.4, -0.2) is 15.7 Å². The van der Waals surface area contributed by atoms with E-state index in [-0.39, 0.29) is 0 Å². The number of benzene rings is 1. The molecule has 5 heteroatoms. The highest BCUT2D eigenvalue weighted by atomic mass is 32.1. The van der Waals surface area contributed by atoms with E-state index >= 15 is 0 Å². The van der Waals surface area contributed by atoms with Crippen molar-refractivity contribution < 1.29 is 0 Å². The predicted octanol–water partition coefficient (Wildman–Crippen LogP) is 4.82. The number of pyridine rings is 1. The number of hydrazone groups is 1. The molecule has 1 N–H and O–H groups in total. The molecule has 4 rings (SSSR count). The molecule has 1 aromatic carbocycles. The summed E-state index contributed by atoms with van der Waals surface area (Å²) in [6, 6.07) is 14.3. The summed E-state index contributed by atoms with van der Waals surface area (Å²) in [5.74, 6) is 0.326. The number of hydrogen-bond acceptors (Lipinski definition) is 5. The summed E-state index contributed by atoms with van der Waals surface area (Å²) in [4.78, 5) is 9.10. The van der Waals surface area contributed by atoms with Crippen LogP contribution in [0.5, 0.6) is 0 Å². The number of anilines is 1. The van der Waals surface area contributed by atoms with Crippen LogP contribution in [0.15, 0.2) is 53.8 Å². The molecule has 1 atom stereocenters. The first-order valence-corrected chi connectivity index (χ1v) is 8.81. The Bertz CT molecular complexity index is 792. The molecule has 1 aliphatic carbocycles. The van der Waals surface area contributed by atoms with Crippen molar-refractivity contribution >= 4 is 32.4 Å². The molecule has 3 aromatic rings. The number of nitrogens with one attached hydrogen (secondary N) is 1. The molecule has 1 unspecified atom stereocenters. The fraction of sp³-hybridized carbons (Fsp3) is 0.278. The summed E-state index contributed by atoms with van der Waals surface area (Å²) in [6.07, 6.45) is 6.45. The maximum atomic E-state index is 4.68. The van der Waals surface area contributed by atoms with Crippen LogP contribution < -0.4 is 5.43 Å². The fourth-order valence-corrected chi connectivity index (χ4v) is 3.88. The Labute approximate surface area is 139 Å². The molecule has 0 aliphatic heterocycles.